The van der Waals surface area contributed by atoms with Crippen LogP contribution in [0.2, 0.25) is 10.0 Å². The lowest BCUT2D eigenvalue weighted by molar-refractivity contribution is -0.387. The van der Waals surface area contributed by atoms with E-state index in [1.54, 1.807) is 30.3 Å². The molecule has 0 heterocycles. The molecule has 0 saturated heterocycles. The first-order valence-electron chi connectivity index (χ1n) is 8.54. The Labute approximate surface area is 182 Å². The van der Waals surface area contributed by atoms with Gasteiger partial charge in [0.2, 0.25) is 0 Å². The van der Waals surface area contributed by atoms with Gasteiger partial charge in [-0.3, -0.25) is 10.1 Å². The number of oxime groups is 1. The number of hydrogen-bond acceptors (Lipinski definition) is 5. The lowest BCUT2D eigenvalue weighted by Crippen LogP contribution is -1.94. The van der Waals surface area contributed by atoms with Gasteiger partial charge in [-0.05, 0) is 37.3 Å². The van der Waals surface area contributed by atoms with Crippen molar-refractivity contribution in [2.45, 2.75) is 23.3 Å². The molecule has 148 valence electrons. The predicted molar refractivity (Wildman–Crippen MR) is 117 cm³/mol. The molecular formula is C21H16Cl2N2O3S. The molecule has 0 atom stereocenters. The first-order chi connectivity index (χ1) is 13.9. The van der Waals surface area contributed by atoms with Gasteiger partial charge in [-0.25, -0.2) is 0 Å². The molecule has 0 aliphatic carbocycles. The third-order valence-corrected chi connectivity index (χ3v) is 5.60. The van der Waals surface area contributed by atoms with Gasteiger partial charge in [-0.1, -0.05) is 69.9 Å². The summed E-state index contributed by atoms with van der Waals surface area (Å²) in [6.45, 7) is 2.16. The van der Waals surface area contributed by atoms with E-state index < -0.39 is 4.92 Å². The van der Waals surface area contributed by atoms with Crippen molar-refractivity contribution >= 4 is 46.9 Å². The topological polar surface area (TPSA) is 64.7 Å². The lowest BCUT2D eigenvalue weighted by Gasteiger charge is -2.05. The van der Waals surface area contributed by atoms with Crippen LogP contribution in [0.3, 0.4) is 0 Å². The van der Waals surface area contributed by atoms with Gasteiger partial charge >= 0.3 is 0 Å². The maximum absolute atomic E-state index is 11.5. The van der Waals surface area contributed by atoms with Crippen molar-refractivity contribution in [3.8, 4) is 0 Å². The summed E-state index contributed by atoms with van der Waals surface area (Å²) in [5.74, 6) is 0. The Morgan fingerprint density at radius 2 is 1.86 bits per heavy atom. The van der Waals surface area contributed by atoms with Crippen LogP contribution in [-0.2, 0) is 11.4 Å². The van der Waals surface area contributed by atoms with E-state index in [1.807, 2.05) is 31.2 Å². The molecule has 0 bridgehead atoms. The summed E-state index contributed by atoms with van der Waals surface area (Å²) < 4.78 is 0. The van der Waals surface area contributed by atoms with E-state index in [1.165, 1.54) is 24.0 Å². The highest BCUT2D eigenvalue weighted by atomic mass is 35.5. The van der Waals surface area contributed by atoms with Crippen LogP contribution >= 0.6 is 35.0 Å². The number of hydrogen-bond donors (Lipinski definition) is 0. The maximum Gasteiger partial charge on any atom is 0.283 e. The Balaban J connectivity index is 1.69. The van der Waals surface area contributed by atoms with Crippen LogP contribution in [0.4, 0.5) is 5.69 Å². The third-order valence-electron chi connectivity index (χ3n) is 3.94. The Hall–Kier alpha value is -2.54. The number of aryl methyl sites for hydroxylation is 1. The van der Waals surface area contributed by atoms with Crippen LogP contribution in [-0.4, -0.2) is 11.1 Å². The van der Waals surface area contributed by atoms with Crippen molar-refractivity contribution in [3.05, 3.63) is 97.5 Å². The molecule has 0 aromatic heterocycles. The van der Waals surface area contributed by atoms with Crippen LogP contribution in [0.25, 0.3) is 0 Å². The molecule has 0 radical (unpaired) electrons. The summed E-state index contributed by atoms with van der Waals surface area (Å²) in [5, 5.41) is 16.4. The molecule has 8 heteroatoms. The van der Waals surface area contributed by atoms with E-state index >= 15 is 0 Å². The maximum atomic E-state index is 11.5. The molecule has 0 aliphatic heterocycles. The fraction of sp³-hybridized carbons (Fsp3) is 0.0952. The smallest absolute Gasteiger partial charge is 0.283 e. The Bertz CT molecular complexity index is 1060. The number of rotatable bonds is 7. The van der Waals surface area contributed by atoms with Crippen LogP contribution in [0, 0.1) is 17.0 Å². The fourth-order valence-electron chi connectivity index (χ4n) is 2.42. The second kappa shape index (κ2) is 9.78. The molecular weight excluding hydrogens is 431 g/mol. The summed E-state index contributed by atoms with van der Waals surface area (Å²) in [7, 11) is 0. The average Bonchev–Trinajstić information content (AvgIpc) is 2.69. The summed E-state index contributed by atoms with van der Waals surface area (Å²) in [6.07, 6.45) is 1.43. The minimum Gasteiger partial charge on any atom is -0.391 e. The summed E-state index contributed by atoms with van der Waals surface area (Å²) in [5.41, 5.74) is 2.45. The van der Waals surface area contributed by atoms with Crippen LogP contribution < -0.4 is 0 Å². The molecule has 3 aromatic rings. The first kappa shape index (κ1) is 21.2. The van der Waals surface area contributed by atoms with Gasteiger partial charge in [0.05, 0.1) is 16.0 Å². The molecule has 3 rings (SSSR count). The van der Waals surface area contributed by atoms with E-state index in [9.17, 15) is 10.1 Å². The van der Waals surface area contributed by atoms with E-state index in [4.69, 9.17) is 28.0 Å². The van der Waals surface area contributed by atoms with Crippen molar-refractivity contribution in [3.63, 3.8) is 0 Å². The van der Waals surface area contributed by atoms with Crippen molar-refractivity contribution in [1.82, 2.24) is 0 Å². The summed E-state index contributed by atoms with van der Waals surface area (Å²) in [4.78, 5) is 17.8. The number of nitro groups is 1. The van der Waals surface area contributed by atoms with Crippen molar-refractivity contribution < 1.29 is 9.76 Å². The summed E-state index contributed by atoms with van der Waals surface area (Å²) in [6, 6.07) is 17.8. The number of halogens is 2. The van der Waals surface area contributed by atoms with Gasteiger partial charge in [0.1, 0.15) is 6.61 Å². The molecule has 5 nitrogen and oxygen atoms in total. The van der Waals surface area contributed by atoms with Gasteiger partial charge in [0.25, 0.3) is 5.69 Å². The second-order valence-corrected chi connectivity index (χ2v) is 8.10. The zero-order valence-electron chi connectivity index (χ0n) is 15.3. The van der Waals surface area contributed by atoms with Crippen LogP contribution in [0.15, 0.2) is 75.6 Å². The monoisotopic (exact) mass is 446 g/mol. The lowest BCUT2D eigenvalue weighted by atomic mass is 10.2. The number of benzene rings is 3. The van der Waals surface area contributed by atoms with Crippen LogP contribution in [0.1, 0.15) is 16.7 Å². The molecule has 0 fully saturated rings. The Kier molecular flexibility index (Phi) is 7.14. The SMILES string of the molecule is Cc1ccc(Sc2ccc(/C=N/OCc3ccc(Cl)cc3Cl)cc2[N+](=O)[O-])cc1. The normalized spacial score (nSPS) is 11.0. The Morgan fingerprint density at radius 1 is 1.10 bits per heavy atom. The van der Waals surface area contributed by atoms with Crippen molar-refractivity contribution in [2.24, 2.45) is 5.16 Å². The average molecular weight is 447 g/mol. The Morgan fingerprint density at radius 3 is 2.55 bits per heavy atom. The van der Waals surface area contributed by atoms with Gasteiger partial charge < -0.3 is 4.84 Å². The fourth-order valence-corrected chi connectivity index (χ4v) is 3.78. The van der Waals surface area contributed by atoms with E-state index in [0.717, 1.165) is 16.0 Å². The van der Waals surface area contributed by atoms with Gasteiger partial charge in [-0.15, -0.1) is 0 Å². The molecule has 0 saturated carbocycles. The highest BCUT2D eigenvalue weighted by Crippen LogP contribution is 2.35. The predicted octanol–water partition coefficient (Wildman–Crippen LogP) is 6.91. The van der Waals surface area contributed by atoms with Gasteiger partial charge in [-0.2, -0.15) is 0 Å². The van der Waals surface area contributed by atoms with Gasteiger partial charge in [0, 0.05) is 32.1 Å². The number of nitrogens with zero attached hydrogens (tertiary/aromatic N) is 2. The summed E-state index contributed by atoms with van der Waals surface area (Å²) >= 11 is 13.3. The molecule has 0 N–H and O–H groups in total. The standard InChI is InChI=1S/C21H16Cl2N2O3S/c1-14-2-7-18(8-3-14)29-21-9-4-15(10-20(21)25(26)27)12-24-28-13-16-5-6-17(22)11-19(16)23/h2-12H,13H2,1H3/b24-12+. The van der Waals surface area contributed by atoms with E-state index in [0.29, 0.717) is 20.5 Å². The molecule has 29 heavy (non-hydrogen) atoms. The highest BCUT2D eigenvalue weighted by Gasteiger charge is 2.15. The highest BCUT2D eigenvalue weighted by molar-refractivity contribution is 7.99. The minimum absolute atomic E-state index is 0.0141. The van der Waals surface area contributed by atoms with Crippen molar-refractivity contribution in [2.75, 3.05) is 0 Å². The zero-order chi connectivity index (χ0) is 20.8. The largest absolute Gasteiger partial charge is 0.391 e. The molecule has 0 unspecified atom stereocenters. The quantitative estimate of drug-likeness (QED) is 0.224. The van der Waals surface area contributed by atoms with Crippen LogP contribution in [0.5, 0.6) is 0 Å². The van der Waals surface area contributed by atoms with Crippen molar-refractivity contribution in [1.29, 1.82) is 0 Å². The third kappa shape index (κ3) is 5.97. The molecule has 0 amide bonds. The second-order valence-electron chi connectivity index (χ2n) is 6.14. The van der Waals surface area contributed by atoms with E-state index in [2.05, 4.69) is 5.16 Å². The van der Waals surface area contributed by atoms with Gasteiger partial charge in [0.15, 0.2) is 0 Å². The molecule has 3 aromatic carbocycles. The van der Waals surface area contributed by atoms with E-state index in [-0.39, 0.29) is 12.3 Å². The number of nitro benzene ring substituents is 1. The minimum atomic E-state index is -0.401. The zero-order valence-corrected chi connectivity index (χ0v) is 17.7. The molecule has 0 spiro atoms. The molecule has 0 aliphatic rings. The first-order valence-corrected chi connectivity index (χ1v) is 10.1.